The van der Waals surface area contributed by atoms with Gasteiger partial charge in [0.15, 0.2) is 0 Å². The molecule has 0 aliphatic heterocycles. The van der Waals surface area contributed by atoms with Crippen molar-refractivity contribution < 1.29 is 0 Å². The first-order chi connectivity index (χ1) is 33.4. The highest BCUT2D eigenvalue weighted by Crippen LogP contribution is 2.41. The van der Waals surface area contributed by atoms with Gasteiger partial charge in [0.25, 0.3) is 0 Å². The van der Waals surface area contributed by atoms with E-state index in [2.05, 4.69) is 277 Å². The maximum absolute atomic E-state index is 2.43. The van der Waals surface area contributed by atoms with Crippen molar-refractivity contribution in [3.8, 4) is 0 Å². The van der Waals surface area contributed by atoms with E-state index < -0.39 is 0 Å². The van der Waals surface area contributed by atoms with Crippen molar-refractivity contribution in [3.05, 3.63) is 0 Å². The van der Waals surface area contributed by atoms with Crippen molar-refractivity contribution in [3.63, 3.8) is 0 Å². The number of hydrogen-bond donors (Lipinski definition) is 0. The quantitative estimate of drug-likeness (QED) is 0.0957. The van der Waals surface area contributed by atoms with Gasteiger partial charge in [0, 0.05) is 0 Å². The lowest BCUT2D eigenvalue weighted by Crippen LogP contribution is -2.25. The van der Waals surface area contributed by atoms with Crippen molar-refractivity contribution >= 4 is 0 Å². The van der Waals surface area contributed by atoms with Crippen LogP contribution in [0, 0.1) is 121 Å². The first-order valence-electron chi connectivity index (χ1n) is 33.4. The summed E-state index contributed by atoms with van der Waals surface area (Å²) in [5.74, 6) is 12.0. The van der Waals surface area contributed by atoms with Gasteiger partial charge in [0.1, 0.15) is 0 Å². The largest absolute Gasteiger partial charge is 0.0654 e. The normalized spacial score (nSPS) is 16.2. The standard InChI is InChI=1S/C14H30.3C13H28.C12H26.C10H22/c1-10(2)13(11(3)4)9-12(5)14(6,7)8;2*1-8-12(10(2)3)9-11(4)13(5,6)7;1-8-13(7,9-2)10-11(3)12(4,5)6;1-7-11(8-2)9-10(3)12(4,5)6;1-6-7-8-9(2)10(3,4)5/h10-13H,9H2,1-8H3;2*10-12H,8-9H2,1-7H3;11H,8-10H2,1-7H3;10-11H,7-9H2,1-6H3;9H,6-8H2,1-5H3. The SMILES string of the molecule is CC(C)C(CC(C)C(C)(C)C)C(C)C.CCC(C)(CC)CC(C)C(C)(C)C.CCC(CC(C)C(C)(C)C)C(C)C.CCC(CC(C)C(C)(C)C)C(C)C.CCC(CC)CC(C)C(C)(C)C.CCCCC(C)C(C)(C)C. The van der Waals surface area contributed by atoms with Gasteiger partial charge in [0.2, 0.25) is 0 Å². The molecule has 0 aromatic heterocycles. The fourth-order valence-corrected chi connectivity index (χ4v) is 9.51. The Hall–Kier alpha value is 0. The average molecular weight is 1060 g/mol. The molecule has 0 saturated carbocycles. The van der Waals surface area contributed by atoms with Crippen LogP contribution in [0.25, 0.3) is 0 Å². The van der Waals surface area contributed by atoms with E-state index in [0.29, 0.717) is 37.9 Å². The van der Waals surface area contributed by atoms with Gasteiger partial charge in [-0.3, -0.25) is 0 Å². The van der Waals surface area contributed by atoms with Gasteiger partial charge in [-0.1, -0.05) is 335 Å². The van der Waals surface area contributed by atoms with Gasteiger partial charge in [-0.15, -0.1) is 0 Å². The first-order valence-corrected chi connectivity index (χ1v) is 33.4. The fourth-order valence-electron chi connectivity index (χ4n) is 9.51. The van der Waals surface area contributed by atoms with Crippen LogP contribution in [0.2, 0.25) is 0 Å². The van der Waals surface area contributed by atoms with Gasteiger partial charge >= 0.3 is 0 Å². The molecular formula is C75H162. The molecule has 0 aliphatic carbocycles. The van der Waals surface area contributed by atoms with E-state index in [1.807, 2.05) is 0 Å². The summed E-state index contributed by atoms with van der Waals surface area (Å²) in [6.45, 7) is 94.0. The lowest BCUT2D eigenvalue weighted by atomic mass is 9.70. The van der Waals surface area contributed by atoms with Crippen molar-refractivity contribution in [2.75, 3.05) is 0 Å². The first kappa shape index (κ1) is 86.3. The molecular weight excluding hydrogens is 901 g/mol. The third kappa shape index (κ3) is 46.3. The molecule has 8 unspecified atom stereocenters. The van der Waals surface area contributed by atoms with Gasteiger partial charge in [-0.25, -0.2) is 0 Å². The van der Waals surface area contributed by atoms with Crippen LogP contribution >= 0.6 is 0 Å². The molecule has 0 saturated heterocycles. The molecule has 0 heteroatoms. The highest BCUT2D eigenvalue weighted by Gasteiger charge is 2.30. The van der Waals surface area contributed by atoms with Gasteiger partial charge in [-0.2, -0.15) is 0 Å². The Bertz CT molecular complexity index is 1180. The summed E-state index contributed by atoms with van der Waals surface area (Å²) in [4.78, 5) is 0. The Morgan fingerprint density at radius 3 is 0.747 bits per heavy atom. The Balaban J connectivity index is -0.000000191. The van der Waals surface area contributed by atoms with E-state index in [-0.39, 0.29) is 0 Å². The van der Waals surface area contributed by atoms with Crippen molar-refractivity contribution in [1.82, 2.24) is 0 Å². The van der Waals surface area contributed by atoms with E-state index in [0.717, 1.165) is 82.9 Å². The second-order valence-electron chi connectivity index (χ2n) is 34.1. The molecule has 0 aromatic rings. The topological polar surface area (TPSA) is 0 Å². The molecule has 0 fully saturated rings. The molecule has 75 heavy (non-hydrogen) atoms. The minimum atomic E-state index is 0.460. The molecule has 0 nitrogen and oxygen atoms in total. The Morgan fingerprint density at radius 2 is 0.547 bits per heavy atom. The summed E-state index contributed by atoms with van der Waals surface area (Å²) in [5, 5.41) is 0. The fraction of sp³-hybridized carbons (Fsp3) is 1.00. The Labute approximate surface area is 485 Å². The summed E-state index contributed by atoms with van der Waals surface area (Å²) >= 11 is 0. The monoisotopic (exact) mass is 1060 g/mol. The van der Waals surface area contributed by atoms with Crippen molar-refractivity contribution in [1.29, 1.82) is 0 Å². The second-order valence-corrected chi connectivity index (χ2v) is 34.1. The second kappa shape index (κ2) is 41.1. The summed E-state index contributed by atoms with van der Waals surface area (Å²) in [6.07, 6.45) is 19.0. The minimum Gasteiger partial charge on any atom is -0.0654 e. The van der Waals surface area contributed by atoms with Crippen LogP contribution in [0.15, 0.2) is 0 Å². The summed E-state index contributed by atoms with van der Waals surface area (Å²) < 4.78 is 0. The van der Waals surface area contributed by atoms with Crippen molar-refractivity contribution in [2.24, 2.45) is 121 Å². The lowest BCUT2D eigenvalue weighted by molar-refractivity contribution is 0.149. The van der Waals surface area contributed by atoms with Gasteiger partial charge < -0.3 is 0 Å². The lowest BCUT2D eigenvalue weighted by Gasteiger charge is -2.36. The van der Waals surface area contributed by atoms with E-state index in [9.17, 15) is 0 Å². The Morgan fingerprint density at radius 1 is 0.280 bits per heavy atom. The molecule has 0 aliphatic rings. The number of hydrogen-bond acceptors (Lipinski definition) is 0. The molecule has 0 amide bonds. The minimum absolute atomic E-state index is 0.460. The highest BCUT2D eigenvalue weighted by molar-refractivity contribution is 4.81. The van der Waals surface area contributed by atoms with Crippen LogP contribution < -0.4 is 0 Å². The predicted octanol–water partition coefficient (Wildman–Crippen LogP) is 27.7. The molecule has 0 N–H and O–H groups in total. The number of unbranched alkanes of at least 4 members (excludes halogenated alkanes) is 1. The molecule has 0 rings (SSSR count). The van der Waals surface area contributed by atoms with Gasteiger partial charge in [0.05, 0.1) is 0 Å². The zero-order valence-electron chi connectivity index (χ0n) is 61.5. The molecule has 0 aromatic carbocycles. The summed E-state index contributed by atoms with van der Waals surface area (Å²) in [5.41, 5.74) is 3.43. The van der Waals surface area contributed by atoms with Crippen molar-refractivity contribution in [2.45, 2.75) is 367 Å². The zero-order valence-corrected chi connectivity index (χ0v) is 61.5. The van der Waals surface area contributed by atoms with E-state index in [1.165, 1.54) is 89.9 Å². The predicted molar refractivity (Wildman–Crippen MR) is 357 cm³/mol. The zero-order chi connectivity index (χ0) is 61.5. The van der Waals surface area contributed by atoms with E-state index >= 15 is 0 Å². The van der Waals surface area contributed by atoms with E-state index in [4.69, 9.17) is 0 Å². The van der Waals surface area contributed by atoms with Crippen LogP contribution in [0.1, 0.15) is 367 Å². The molecule has 8 atom stereocenters. The maximum atomic E-state index is 2.43. The summed E-state index contributed by atoms with van der Waals surface area (Å²) in [6, 6.07) is 0. The van der Waals surface area contributed by atoms with Crippen LogP contribution in [-0.4, -0.2) is 0 Å². The Kier molecular flexibility index (Phi) is 47.2. The van der Waals surface area contributed by atoms with Crippen LogP contribution in [0.5, 0.6) is 0 Å². The third-order valence-electron chi connectivity index (χ3n) is 20.8. The van der Waals surface area contributed by atoms with E-state index in [1.54, 1.807) is 0 Å². The highest BCUT2D eigenvalue weighted by atomic mass is 14.4. The van der Waals surface area contributed by atoms with Crippen LogP contribution in [-0.2, 0) is 0 Å². The molecule has 0 bridgehead atoms. The molecule has 0 heterocycles. The molecule has 462 valence electrons. The molecule has 0 radical (unpaired) electrons. The summed E-state index contributed by atoms with van der Waals surface area (Å²) in [7, 11) is 0. The third-order valence-corrected chi connectivity index (χ3v) is 20.8. The van der Waals surface area contributed by atoms with Crippen LogP contribution in [0.3, 0.4) is 0 Å². The maximum Gasteiger partial charge on any atom is -0.0328 e. The smallest absolute Gasteiger partial charge is 0.0328 e. The average Bonchev–Trinajstić information content (AvgIpc) is 3.25. The van der Waals surface area contributed by atoms with Gasteiger partial charge in [-0.05, 0) is 153 Å². The van der Waals surface area contributed by atoms with Crippen LogP contribution in [0.4, 0.5) is 0 Å². The molecule has 0 spiro atoms. The number of rotatable bonds is 23.